The van der Waals surface area contributed by atoms with Gasteiger partial charge in [-0.15, -0.1) is 8.58 Å². The summed E-state index contributed by atoms with van der Waals surface area (Å²) in [6, 6.07) is 0. The van der Waals surface area contributed by atoms with E-state index >= 15 is 0 Å². The summed E-state index contributed by atoms with van der Waals surface area (Å²) >= 11 is 0. The van der Waals surface area contributed by atoms with Gasteiger partial charge in [-0.1, -0.05) is 39.3 Å². The van der Waals surface area contributed by atoms with Gasteiger partial charge in [0.2, 0.25) is 0 Å². The van der Waals surface area contributed by atoms with Crippen molar-refractivity contribution in [2.45, 2.75) is 52.9 Å². The van der Waals surface area contributed by atoms with Crippen molar-refractivity contribution >= 4 is 8.58 Å². The molecule has 0 aliphatic rings. The molecule has 0 nitrogen and oxygen atoms in total. The summed E-state index contributed by atoms with van der Waals surface area (Å²) in [5.74, 6) is 0.850. The molecule has 2 atom stereocenters. The van der Waals surface area contributed by atoms with E-state index in [4.69, 9.17) is 0 Å². The van der Waals surface area contributed by atoms with Gasteiger partial charge >= 0.3 is 0 Å². The van der Waals surface area contributed by atoms with Crippen LogP contribution < -0.4 is 0 Å². The van der Waals surface area contributed by atoms with Crippen molar-refractivity contribution in [3.05, 3.63) is 12.2 Å². The van der Waals surface area contributed by atoms with Gasteiger partial charge in [-0.2, -0.15) is 0 Å². The first-order valence-electron chi connectivity index (χ1n) is 6.22. The first-order valence-corrected chi connectivity index (χ1v) is 7.63. The van der Waals surface area contributed by atoms with Crippen molar-refractivity contribution in [3.8, 4) is 0 Å². The largest absolute Gasteiger partial charge is 0.122 e. The van der Waals surface area contributed by atoms with Crippen LogP contribution in [0.1, 0.15) is 52.9 Å². The Kier molecular flexibility index (Phi) is 11.4. The van der Waals surface area contributed by atoms with Crippen LogP contribution in [0, 0.1) is 5.92 Å². The van der Waals surface area contributed by atoms with Gasteiger partial charge in [0.05, 0.1) is 0 Å². The quantitative estimate of drug-likeness (QED) is 0.292. The molecule has 0 bridgehead atoms. The number of allylic oxidation sites excluding steroid dienone is 2. The smallest absolute Gasteiger partial charge is 0.0236 e. The molecule has 2 unspecified atom stereocenters. The second-order valence-corrected chi connectivity index (χ2v) is 5.59. The monoisotopic (exact) mass is 214 g/mol. The first-order chi connectivity index (χ1) is 6.85. The summed E-state index contributed by atoms with van der Waals surface area (Å²) in [5, 5.41) is 0. The van der Waals surface area contributed by atoms with Crippen LogP contribution in [0.5, 0.6) is 0 Å². The van der Waals surface area contributed by atoms with E-state index in [0.29, 0.717) is 0 Å². The Morgan fingerprint density at radius 2 is 2.00 bits per heavy atom. The highest BCUT2D eigenvalue weighted by Crippen LogP contribution is 2.18. The molecule has 0 fully saturated rings. The minimum absolute atomic E-state index is 0.850. The van der Waals surface area contributed by atoms with E-state index in [1.807, 2.05) is 0 Å². The van der Waals surface area contributed by atoms with Crippen LogP contribution in [0.15, 0.2) is 12.2 Å². The molecular formula is C13H27P. The molecule has 0 heterocycles. The number of hydrogen-bond donors (Lipinski definition) is 0. The minimum Gasteiger partial charge on any atom is -0.122 e. The molecule has 0 aromatic heterocycles. The summed E-state index contributed by atoms with van der Waals surface area (Å²) in [7, 11) is 1.19. The molecule has 0 N–H and O–H groups in total. The zero-order chi connectivity index (χ0) is 10.6. The van der Waals surface area contributed by atoms with Gasteiger partial charge in [0, 0.05) is 0 Å². The summed E-state index contributed by atoms with van der Waals surface area (Å²) in [4.78, 5) is 0. The average Bonchev–Trinajstić information content (AvgIpc) is 2.22. The van der Waals surface area contributed by atoms with Crippen molar-refractivity contribution in [3.63, 3.8) is 0 Å². The van der Waals surface area contributed by atoms with Crippen molar-refractivity contribution < 1.29 is 0 Å². The van der Waals surface area contributed by atoms with Crippen LogP contribution in [0.2, 0.25) is 0 Å². The lowest BCUT2D eigenvalue weighted by Crippen LogP contribution is -1.95. The Morgan fingerprint density at radius 3 is 2.57 bits per heavy atom. The molecular weight excluding hydrogens is 187 g/mol. The van der Waals surface area contributed by atoms with Crippen molar-refractivity contribution in [1.82, 2.24) is 0 Å². The van der Waals surface area contributed by atoms with Crippen LogP contribution in [0.3, 0.4) is 0 Å². The summed E-state index contributed by atoms with van der Waals surface area (Å²) < 4.78 is 0. The normalized spacial score (nSPS) is 14.5. The summed E-state index contributed by atoms with van der Waals surface area (Å²) in [6.45, 7) is 6.84. The maximum atomic E-state index is 2.44. The first kappa shape index (κ1) is 14.2. The molecule has 0 saturated heterocycles. The zero-order valence-corrected chi connectivity index (χ0v) is 11.2. The maximum absolute atomic E-state index is 2.44. The third-order valence-corrected chi connectivity index (χ3v) is 3.77. The van der Waals surface area contributed by atoms with Gasteiger partial charge in [0.25, 0.3) is 0 Å². The molecule has 0 aromatic rings. The summed E-state index contributed by atoms with van der Waals surface area (Å²) in [6.07, 6.45) is 14.3. The van der Waals surface area contributed by atoms with Crippen molar-refractivity contribution in [1.29, 1.82) is 0 Å². The molecule has 0 aromatic carbocycles. The van der Waals surface area contributed by atoms with E-state index in [2.05, 4.69) is 32.9 Å². The minimum atomic E-state index is 0.850. The molecule has 0 rings (SSSR count). The van der Waals surface area contributed by atoms with Gasteiger partial charge in [-0.25, -0.2) is 0 Å². The Hall–Kier alpha value is 0.170. The number of rotatable bonds is 9. The molecule has 1 heteroatoms. The fraction of sp³-hybridized carbons (Fsp3) is 0.846. The molecule has 84 valence electrons. The van der Waals surface area contributed by atoms with E-state index in [1.54, 1.807) is 0 Å². The molecule has 0 aliphatic heterocycles. The van der Waals surface area contributed by atoms with Crippen LogP contribution in [0.4, 0.5) is 0 Å². The zero-order valence-electron chi connectivity index (χ0n) is 10.2. The fourth-order valence-corrected chi connectivity index (χ4v) is 2.37. The highest BCUT2D eigenvalue weighted by atomic mass is 31.1. The molecule has 14 heavy (non-hydrogen) atoms. The standard InChI is InChI=1S/C13H27P/c1-4-7-8-10-13(5-2)11-9-12-14-6-3/h8,10,13-14H,4-7,9,11-12H2,1-3H3. The fourth-order valence-electron chi connectivity index (χ4n) is 1.56. The van der Waals surface area contributed by atoms with Gasteiger partial charge in [0.1, 0.15) is 0 Å². The van der Waals surface area contributed by atoms with Gasteiger partial charge < -0.3 is 0 Å². The molecule has 0 saturated carbocycles. The topological polar surface area (TPSA) is 0 Å². The van der Waals surface area contributed by atoms with E-state index in [9.17, 15) is 0 Å². The van der Waals surface area contributed by atoms with E-state index in [-0.39, 0.29) is 0 Å². The maximum Gasteiger partial charge on any atom is -0.0236 e. The number of hydrogen-bond acceptors (Lipinski definition) is 0. The lowest BCUT2D eigenvalue weighted by Gasteiger charge is -2.09. The predicted molar refractivity (Wildman–Crippen MR) is 70.8 cm³/mol. The SMILES string of the molecule is CCCC=CC(CC)CCCPCC. The lowest BCUT2D eigenvalue weighted by atomic mass is 10.00. The van der Waals surface area contributed by atoms with Crippen LogP contribution >= 0.6 is 8.58 Å². The van der Waals surface area contributed by atoms with Crippen LogP contribution in [-0.2, 0) is 0 Å². The number of unbranched alkanes of at least 4 members (excludes halogenated alkanes) is 1. The van der Waals surface area contributed by atoms with E-state index < -0.39 is 0 Å². The summed E-state index contributed by atoms with van der Waals surface area (Å²) in [5.41, 5.74) is 0. The molecule has 0 radical (unpaired) electrons. The van der Waals surface area contributed by atoms with Crippen molar-refractivity contribution in [2.75, 3.05) is 12.3 Å². The van der Waals surface area contributed by atoms with Gasteiger partial charge in [0.15, 0.2) is 0 Å². The average molecular weight is 214 g/mol. The third-order valence-electron chi connectivity index (χ3n) is 2.57. The predicted octanol–water partition coefficient (Wildman–Crippen LogP) is 4.85. The van der Waals surface area contributed by atoms with Crippen molar-refractivity contribution in [2.24, 2.45) is 5.92 Å². The second kappa shape index (κ2) is 11.2. The van der Waals surface area contributed by atoms with Gasteiger partial charge in [-0.05, 0) is 43.9 Å². The Bertz CT molecular complexity index is 129. The highest BCUT2D eigenvalue weighted by molar-refractivity contribution is 7.37. The van der Waals surface area contributed by atoms with Gasteiger partial charge in [-0.3, -0.25) is 0 Å². The highest BCUT2D eigenvalue weighted by Gasteiger charge is 2.00. The van der Waals surface area contributed by atoms with Crippen LogP contribution in [0.25, 0.3) is 0 Å². The van der Waals surface area contributed by atoms with E-state index in [0.717, 1.165) is 5.92 Å². The lowest BCUT2D eigenvalue weighted by molar-refractivity contribution is 0.563. The molecule has 0 amide bonds. The Balaban J connectivity index is 3.47. The third kappa shape index (κ3) is 8.75. The molecule has 0 spiro atoms. The second-order valence-electron chi connectivity index (χ2n) is 3.88. The Labute approximate surface area is 92.3 Å². The Morgan fingerprint density at radius 1 is 1.21 bits per heavy atom. The van der Waals surface area contributed by atoms with E-state index in [1.165, 1.54) is 53.0 Å². The van der Waals surface area contributed by atoms with Crippen LogP contribution in [-0.4, -0.2) is 12.3 Å². The molecule has 0 aliphatic carbocycles.